The van der Waals surface area contributed by atoms with E-state index in [9.17, 15) is 13.6 Å². The number of anilines is 3. The minimum atomic E-state index is -3.15. The van der Waals surface area contributed by atoms with Crippen molar-refractivity contribution in [2.24, 2.45) is 0 Å². The van der Waals surface area contributed by atoms with E-state index in [2.05, 4.69) is 25.6 Å². The van der Waals surface area contributed by atoms with Crippen LogP contribution < -0.4 is 15.4 Å². The van der Waals surface area contributed by atoms with Crippen LogP contribution in [0.25, 0.3) is 0 Å². The topological polar surface area (TPSA) is 89.0 Å². The average Bonchev–Trinajstić information content (AvgIpc) is 3.41. The molecule has 0 radical (unpaired) electrons. The van der Waals surface area contributed by atoms with E-state index >= 15 is 0 Å². The molecule has 9 heteroatoms. The van der Waals surface area contributed by atoms with Gasteiger partial charge in [-0.15, -0.1) is 0 Å². The molecule has 1 amide bonds. The maximum Gasteiger partial charge on any atom is 0.303 e. The number of pyridine rings is 1. The van der Waals surface area contributed by atoms with Gasteiger partial charge in [0.2, 0.25) is 11.7 Å². The summed E-state index contributed by atoms with van der Waals surface area (Å²) >= 11 is 0. The Hall–Kier alpha value is -2.84. The molecule has 7 nitrogen and oxygen atoms in total. The third-order valence-corrected chi connectivity index (χ3v) is 3.87. The number of hydrogen-bond donors (Lipinski definition) is 2. The molecule has 2 heterocycles. The standard InChI is InChI=1S/C18H21F2N5O2/c1-4-27-14-9-21-15(22-10(2)26)8-13(14)23-16-7-12(11-5-6-11)24-17(25-16)18(3,19)20/h7-9,11H,4-6H2,1-3H3,(H2,21,22,23,24,25,26). The van der Waals surface area contributed by atoms with Crippen molar-refractivity contribution in [2.45, 2.75) is 45.5 Å². The Balaban J connectivity index is 1.97. The van der Waals surface area contributed by atoms with Crippen molar-refractivity contribution < 1.29 is 18.3 Å². The lowest BCUT2D eigenvalue weighted by Crippen LogP contribution is -2.15. The fourth-order valence-corrected chi connectivity index (χ4v) is 2.51. The quantitative estimate of drug-likeness (QED) is 0.759. The van der Waals surface area contributed by atoms with Crippen molar-refractivity contribution in [3.8, 4) is 5.75 Å². The van der Waals surface area contributed by atoms with E-state index in [4.69, 9.17) is 4.74 Å². The van der Waals surface area contributed by atoms with Crippen LogP contribution in [0.1, 0.15) is 51.0 Å². The Labute approximate surface area is 155 Å². The molecule has 1 aliphatic rings. The number of nitrogens with one attached hydrogen (secondary N) is 2. The van der Waals surface area contributed by atoms with E-state index < -0.39 is 11.7 Å². The van der Waals surface area contributed by atoms with Gasteiger partial charge in [-0.25, -0.2) is 15.0 Å². The molecule has 1 fully saturated rings. The summed E-state index contributed by atoms with van der Waals surface area (Å²) in [5.74, 6) is -2.79. The molecule has 2 aromatic heterocycles. The van der Waals surface area contributed by atoms with Gasteiger partial charge in [0, 0.05) is 37.6 Å². The largest absolute Gasteiger partial charge is 0.490 e. The zero-order valence-corrected chi connectivity index (χ0v) is 15.3. The molecule has 3 rings (SSSR count). The number of aromatic nitrogens is 3. The molecular formula is C18H21F2N5O2. The lowest BCUT2D eigenvalue weighted by Gasteiger charge is -2.16. The third kappa shape index (κ3) is 4.87. The second-order valence-corrected chi connectivity index (χ2v) is 6.47. The van der Waals surface area contributed by atoms with Crippen molar-refractivity contribution in [1.29, 1.82) is 0 Å². The molecule has 2 N–H and O–H groups in total. The number of alkyl halides is 2. The zero-order chi connectivity index (χ0) is 19.6. The van der Waals surface area contributed by atoms with Crippen LogP contribution in [0.15, 0.2) is 18.3 Å². The van der Waals surface area contributed by atoms with Crippen molar-refractivity contribution in [1.82, 2.24) is 15.0 Å². The molecule has 0 aliphatic heterocycles. The molecule has 0 bridgehead atoms. The summed E-state index contributed by atoms with van der Waals surface area (Å²) in [6, 6.07) is 3.23. The zero-order valence-electron chi connectivity index (χ0n) is 15.3. The number of hydrogen-bond acceptors (Lipinski definition) is 6. The first kappa shape index (κ1) is 18.9. The second-order valence-electron chi connectivity index (χ2n) is 6.47. The lowest BCUT2D eigenvalue weighted by atomic mass is 10.2. The van der Waals surface area contributed by atoms with Gasteiger partial charge in [-0.2, -0.15) is 8.78 Å². The highest BCUT2D eigenvalue weighted by atomic mass is 19.3. The van der Waals surface area contributed by atoms with Crippen molar-refractivity contribution in [3.05, 3.63) is 29.8 Å². The first-order valence-electron chi connectivity index (χ1n) is 8.71. The number of rotatable bonds is 7. The minimum Gasteiger partial charge on any atom is -0.490 e. The molecule has 1 aliphatic carbocycles. The van der Waals surface area contributed by atoms with Crippen LogP contribution in [0, 0.1) is 0 Å². The smallest absolute Gasteiger partial charge is 0.303 e. The monoisotopic (exact) mass is 377 g/mol. The van der Waals surface area contributed by atoms with E-state index in [1.165, 1.54) is 13.1 Å². The van der Waals surface area contributed by atoms with Crippen LogP contribution in [0.5, 0.6) is 5.75 Å². The Morgan fingerprint density at radius 2 is 2.04 bits per heavy atom. The van der Waals surface area contributed by atoms with Gasteiger partial charge in [-0.05, 0) is 19.8 Å². The van der Waals surface area contributed by atoms with E-state index in [0.29, 0.717) is 29.6 Å². The Kier molecular flexibility index (Phi) is 5.20. The average molecular weight is 377 g/mol. The van der Waals surface area contributed by atoms with Gasteiger partial charge in [-0.1, -0.05) is 0 Å². The Bertz CT molecular complexity index is 850. The first-order valence-corrected chi connectivity index (χ1v) is 8.71. The first-order chi connectivity index (χ1) is 12.8. The molecule has 1 saturated carbocycles. The summed E-state index contributed by atoms with van der Waals surface area (Å²) in [4.78, 5) is 23.4. The molecule has 144 valence electrons. The molecule has 0 aromatic carbocycles. The predicted octanol–water partition coefficient (Wildman–Crippen LogP) is 3.96. The summed E-state index contributed by atoms with van der Waals surface area (Å²) in [6.45, 7) is 4.35. The minimum absolute atomic E-state index is 0.188. The lowest BCUT2D eigenvalue weighted by molar-refractivity contribution is -0.114. The summed E-state index contributed by atoms with van der Waals surface area (Å²) in [5.41, 5.74) is 1.06. The third-order valence-electron chi connectivity index (χ3n) is 3.87. The van der Waals surface area contributed by atoms with Crippen molar-refractivity contribution in [3.63, 3.8) is 0 Å². The fourth-order valence-electron chi connectivity index (χ4n) is 2.51. The van der Waals surface area contributed by atoms with Crippen LogP contribution in [0.2, 0.25) is 0 Å². The number of ether oxygens (including phenoxy) is 1. The van der Waals surface area contributed by atoms with Gasteiger partial charge in [0.1, 0.15) is 11.6 Å². The van der Waals surface area contributed by atoms with E-state index in [-0.39, 0.29) is 17.6 Å². The van der Waals surface area contributed by atoms with Crippen molar-refractivity contribution >= 4 is 23.2 Å². The molecule has 0 unspecified atom stereocenters. The van der Waals surface area contributed by atoms with Crippen LogP contribution >= 0.6 is 0 Å². The highest BCUT2D eigenvalue weighted by molar-refractivity contribution is 5.88. The number of amides is 1. The highest BCUT2D eigenvalue weighted by Gasteiger charge is 2.32. The highest BCUT2D eigenvalue weighted by Crippen LogP contribution is 2.41. The summed E-state index contributed by atoms with van der Waals surface area (Å²) in [6.07, 6.45) is 3.31. The van der Waals surface area contributed by atoms with Gasteiger partial charge in [0.25, 0.3) is 0 Å². The van der Waals surface area contributed by atoms with Crippen LogP contribution in [-0.4, -0.2) is 27.5 Å². The molecule has 0 saturated heterocycles. The molecular weight excluding hydrogens is 356 g/mol. The number of halogens is 2. The van der Waals surface area contributed by atoms with Crippen LogP contribution in [0.3, 0.4) is 0 Å². The predicted molar refractivity (Wildman–Crippen MR) is 96.6 cm³/mol. The second kappa shape index (κ2) is 7.42. The van der Waals surface area contributed by atoms with Gasteiger partial charge in [0.05, 0.1) is 18.5 Å². The summed E-state index contributed by atoms with van der Waals surface area (Å²) in [7, 11) is 0. The van der Waals surface area contributed by atoms with Gasteiger partial charge >= 0.3 is 5.92 Å². The van der Waals surface area contributed by atoms with E-state index in [0.717, 1.165) is 19.8 Å². The van der Waals surface area contributed by atoms with E-state index in [1.807, 2.05) is 6.92 Å². The summed E-state index contributed by atoms with van der Waals surface area (Å²) in [5, 5.41) is 5.58. The Morgan fingerprint density at radius 1 is 1.30 bits per heavy atom. The van der Waals surface area contributed by atoms with E-state index in [1.54, 1.807) is 12.1 Å². The molecule has 27 heavy (non-hydrogen) atoms. The van der Waals surface area contributed by atoms with Crippen molar-refractivity contribution in [2.75, 3.05) is 17.2 Å². The SMILES string of the molecule is CCOc1cnc(NC(C)=O)cc1Nc1cc(C2CC2)nc(C(C)(F)F)n1. The fraction of sp³-hybridized carbons (Fsp3) is 0.444. The maximum absolute atomic E-state index is 13.8. The molecule has 2 aromatic rings. The Morgan fingerprint density at radius 3 is 2.63 bits per heavy atom. The number of carbonyl (C=O) groups excluding carboxylic acids is 1. The van der Waals surface area contributed by atoms with Crippen LogP contribution in [-0.2, 0) is 10.7 Å². The summed E-state index contributed by atoms with van der Waals surface area (Å²) < 4.78 is 33.1. The maximum atomic E-state index is 13.8. The molecule has 0 atom stereocenters. The van der Waals surface area contributed by atoms with Gasteiger partial charge in [-0.3, -0.25) is 4.79 Å². The number of nitrogens with zero attached hydrogens (tertiary/aromatic N) is 3. The number of carbonyl (C=O) groups is 1. The van der Waals surface area contributed by atoms with Gasteiger partial charge in [0.15, 0.2) is 5.75 Å². The van der Waals surface area contributed by atoms with Gasteiger partial charge < -0.3 is 15.4 Å². The molecule has 0 spiro atoms. The van der Waals surface area contributed by atoms with Crippen LogP contribution in [0.4, 0.5) is 26.1 Å². The normalized spacial score (nSPS) is 14.0.